The quantitative estimate of drug-likeness (QED) is 0.767. The molecule has 1 aromatic carbocycles. The summed E-state index contributed by atoms with van der Waals surface area (Å²) in [4.78, 5) is 14.5. The fourth-order valence-electron chi connectivity index (χ4n) is 3.31. The molecule has 0 unspecified atom stereocenters. The number of amides is 1. The van der Waals surface area contributed by atoms with Crippen molar-refractivity contribution in [1.82, 2.24) is 4.90 Å². The summed E-state index contributed by atoms with van der Waals surface area (Å²) in [6.45, 7) is 2.07. The zero-order valence-electron chi connectivity index (χ0n) is 15.0. The van der Waals surface area contributed by atoms with Gasteiger partial charge >= 0.3 is 0 Å². The second-order valence-corrected chi connectivity index (χ2v) is 7.17. The van der Waals surface area contributed by atoms with E-state index in [-0.39, 0.29) is 11.3 Å². The summed E-state index contributed by atoms with van der Waals surface area (Å²) in [6.07, 6.45) is 6.25. The highest BCUT2D eigenvalue weighted by Crippen LogP contribution is 2.38. The first kappa shape index (κ1) is 18.7. The molecule has 0 aliphatic heterocycles. The number of carbonyl (C=O) groups excluding carboxylic acids is 1. The summed E-state index contributed by atoms with van der Waals surface area (Å²) in [5.74, 6) is 0.827. The molecule has 1 aliphatic carbocycles. The molecule has 0 spiro atoms. The van der Waals surface area contributed by atoms with E-state index in [1.165, 1.54) is 19.3 Å². The van der Waals surface area contributed by atoms with Gasteiger partial charge in [-0.1, -0.05) is 25.3 Å². The van der Waals surface area contributed by atoms with Crippen LogP contribution in [0.1, 0.15) is 38.5 Å². The summed E-state index contributed by atoms with van der Waals surface area (Å²) in [6, 6.07) is 7.59. The number of carbonyl (C=O) groups is 1. The van der Waals surface area contributed by atoms with Crippen LogP contribution in [-0.2, 0) is 4.79 Å². The Balaban J connectivity index is 1.89. The molecule has 1 saturated carbocycles. The first-order valence-electron chi connectivity index (χ1n) is 8.90. The van der Waals surface area contributed by atoms with Crippen LogP contribution in [0.5, 0.6) is 5.75 Å². The van der Waals surface area contributed by atoms with Crippen molar-refractivity contribution in [1.29, 1.82) is 0 Å². The average Bonchev–Trinajstić information content (AvgIpc) is 2.55. The van der Waals surface area contributed by atoms with E-state index < -0.39 is 0 Å². The summed E-state index contributed by atoms with van der Waals surface area (Å²) in [7, 11) is 4.02. The van der Waals surface area contributed by atoms with Crippen LogP contribution in [-0.4, -0.2) is 44.6 Å². The normalized spacial score (nSPS) is 16.8. The fourth-order valence-corrected chi connectivity index (χ4v) is 3.31. The van der Waals surface area contributed by atoms with Crippen molar-refractivity contribution in [2.75, 3.05) is 39.1 Å². The Hall–Kier alpha value is -1.59. The van der Waals surface area contributed by atoms with E-state index >= 15 is 0 Å². The maximum Gasteiger partial charge on any atom is 0.224 e. The Morgan fingerprint density at radius 1 is 1.29 bits per heavy atom. The number of anilines is 1. The minimum absolute atomic E-state index is 0.0118. The van der Waals surface area contributed by atoms with Crippen molar-refractivity contribution in [2.24, 2.45) is 11.1 Å². The van der Waals surface area contributed by atoms with Crippen LogP contribution in [0.25, 0.3) is 0 Å². The predicted molar refractivity (Wildman–Crippen MR) is 98.3 cm³/mol. The highest BCUT2D eigenvalue weighted by atomic mass is 16.5. The van der Waals surface area contributed by atoms with Gasteiger partial charge in [-0.3, -0.25) is 4.79 Å². The molecule has 3 N–H and O–H groups in total. The van der Waals surface area contributed by atoms with Gasteiger partial charge in [-0.15, -0.1) is 0 Å². The van der Waals surface area contributed by atoms with Crippen molar-refractivity contribution in [3.05, 3.63) is 24.3 Å². The van der Waals surface area contributed by atoms with Gasteiger partial charge in [0, 0.05) is 24.7 Å². The number of nitrogens with one attached hydrogen (secondary N) is 1. The minimum Gasteiger partial charge on any atom is -0.492 e. The fraction of sp³-hybridized carbons (Fsp3) is 0.632. The lowest BCUT2D eigenvalue weighted by Gasteiger charge is -2.35. The molecule has 1 amide bonds. The van der Waals surface area contributed by atoms with Crippen LogP contribution in [0.4, 0.5) is 5.69 Å². The van der Waals surface area contributed by atoms with Crippen molar-refractivity contribution >= 4 is 11.6 Å². The standard InChI is InChI=1S/C19H31N3O2/c1-22(2)11-12-24-17-8-6-7-16(13-17)21-18(23)14-19(15-20)9-4-3-5-10-19/h6-8,13H,3-5,9-12,14-15,20H2,1-2H3,(H,21,23). The monoisotopic (exact) mass is 333 g/mol. The molecule has 0 aromatic heterocycles. The van der Waals surface area contributed by atoms with Crippen LogP contribution in [0.3, 0.4) is 0 Å². The molecule has 0 saturated heterocycles. The van der Waals surface area contributed by atoms with E-state index in [2.05, 4.69) is 10.2 Å². The molecule has 0 atom stereocenters. The largest absolute Gasteiger partial charge is 0.492 e. The third-order valence-electron chi connectivity index (χ3n) is 4.81. The lowest BCUT2D eigenvalue weighted by molar-refractivity contribution is -0.118. The third-order valence-corrected chi connectivity index (χ3v) is 4.81. The Morgan fingerprint density at radius 3 is 2.71 bits per heavy atom. The van der Waals surface area contributed by atoms with Crippen molar-refractivity contribution in [3.8, 4) is 5.75 Å². The number of benzene rings is 1. The molecule has 134 valence electrons. The molecule has 1 aliphatic rings. The van der Waals surface area contributed by atoms with Crippen LogP contribution in [0, 0.1) is 5.41 Å². The zero-order valence-corrected chi connectivity index (χ0v) is 15.0. The Kier molecular flexibility index (Phi) is 7.06. The molecule has 0 bridgehead atoms. The number of rotatable bonds is 8. The molecule has 0 radical (unpaired) electrons. The molecule has 1 aromatic rings. The summed E-state index contributed by atoms with van der Waals surface area (Å²) in [5, 5.41) is 3.00. The second kappa shape index (κ2) is 9.04. The predicted octanol–water partition coefficient (Wildman–Crippen LogP) is 2.86. The van der Waals surface area contributed by atoms with E-state index in [1.54, 1.807) is 0 Å². The highest BCUT2D eigenvalue weighted by Gasteiger charge is 2.32. The number of ether oxygens (including phenoxy) is 1. The molecule has 24 heavy (non-hydrogen) atoms. The number of nitrogens with zero attached hydrogens (tertiary/aromatic N) is 1. The van der Waals surface area contributed by atoms with Crippen LogP contribution in [0.15, 0.2) is 24.3 Å². The lowest BCUT2D eigenvalue weighted by atomic mass is 9.71. The molecule has 1 fully saturated rings. The Bertz CT molecular complexity index is 525. The average molecular weight is 333 g/mol. The smallest absolute Gasteiger partial charge is 0.224 e. The van der Waals surface area contributed by atoms with E-state index in [0.29, 0.717) is 19.6 Å². The number of hydrogen-bond acceptors (Lipinski definition) is 4. The Morgan fingerprint density at radius 2 is 2.04 bits per heavy atom. The Labute approximate surface area is 145 Å². The summed E-state index contributed by atoms with van der Waals surface area (Å²) in [5.41, 5.74) is 6.75. The van der Waals surface area contributed by atoms with Gasteiger partial charge < -0.3 is 20.7 Å². The molecular formula is C19H31N3O2. The molecular weight excluding hydrogens is 302 g/mol. The van der Waals surface area contributed by atoms with Crippen molar-refractivity contribution < 1.29 is 9.53 Å². The van der Waals surface area contributed by atoms with Gasteiger partial charge in [0.2, 0.25) is 5.91 Å². The van der Waals surface area contributed by atoms with E-state index in [0.717, 1.165) is 30.8 Å². The minimum atomic E-state index is -0.0118. The number of hydrogen-bond donors (Lipinski definition) is 2. The SMILES string of the molecule is CN(C)CCOc1cccc(NC(=O)CC2(CN)CCCCC2)c1. The van der Waals surface area contributed by atoms with Crippen molar-refractivity contribution in [3.63, 3.8) is 0 Å². The zero-order chi connectivity index (χ0) is 17.4. The van der Waals surface area contributed by atoms with Crippen LogP contribution >= 0.6 is 0 Å². The van der Waals surface area contributed by atoms with Crippen molar-refractivity contribution in [2.45, 2.75) is 38.5 Å². The molecule has 5 nitrogen and oxygen atoms in total. The number of likely N-dealkylation sites (N-methyl/N-ethyl adjacent to an activating group) is 1. The highest BCUT2D eigenvalue weighted by molar-refractivity contribution is 5.91. The third kappa shape index (κ3) is 5.80. The summed E-state index contributed by atoms with van der Waals surface area (Å²) < 4.78 is 5.72. The summed E-state index contributed by atoms with van der Waals surface area (Å²) >= 11 is 0. The van der Waals surface area contributed by atoms with E-state index in [1.807, 2.05) is 38.4 Å². The van der Waals surface area contributed by atoms with Gasteiger partial charge in [0.15, 0.2) is 0 Å². The topological polar surface area (TPSA) is 67.6 Å². The van der Waals surface area contributed by atoms with Gasteiger partial charge in [0.1, 0.15) is 12.4 Å². The molecule has 2 rings (SSSR count). The van der Waals surface area contributed by atoms with Gasteiger partial charge in [0.25, 0.3) is 0 Å². The van der Waals surface area contributed by atoms with Gasteiger partial charge in [-0.05, 0) is 51.0 Å². The second-order valence-electron chi connectivity index (χ2n) is 7.17. The van der Waals surface area contributed by atoms with Gasteiger partial charge in [-0.25, -0.2) is 0 Å². The maximum absolute atomic E-state index is 12.4. The first-order valence-corrected chi connectivity index (χ1v) is 8.90. The molecule has 0 heterocycles. The van der Waals surface area contributed by atoms with Gasteiger partial charge in [0.05, 0.1) is 0 Å². The van der Waals surface area contributed by atoms with Crippen LogP contribution < -0.4 is 15.8 Å². The first-order chi connectivity index (χ1) is 11.5. The maximum atomic E-state index is 12.4. The van der Waals surface area contributed by atoms with Crippen LogP contribution in [0.2, 0.25) is 0 Å². The lowest BCUT2D eigenvalue weighted by Crippen LogP contribution is -2.36. The number of nitrogens with two attached hydrogens (primary N) is 1. The van der Waals surface area contributed by atoms with E-state index in [9.17, 15) is 4.79 Å². The van der Waals surface area contributed by atoms with Gasteiger partial charge in [-0.2, -0.15) is 0 Å². The van der Waals surface area contributed by atoms with E-state index in [4.69, 9.17) is 10.5 Å². The molecule has 5 heteroatoms.